The third-order valence-electron chi connectivity index (χ3n) is 4.38. The number of hydrogen-bond donors (Lipinski definition) is 1. The predicted molar refractivity (Wildman–Crippen MR) is 103 cm³/mol. The number of methoxy groups -OCH3 is 1. The number of ether oxygens (including phenoxy) is 1. The van der Waals surface area contributed by atoms with E-state index in [0.717, 1.165) is 28.3 Å². The molecule has 0 spiro atoms. The van der Waals surface area contributed by atoms with Gasteiger partial charge < -0.3 is 10.1 Å². The van der Waals surface area contributed by atoms with E-state index in [4.69, 9.17) is 4.74 Å². The second-order valence-corrected chi connectivity index (χ2v) is 6.58. The highest BCUT2D eigenvalue weighted by Gasteiger charge is 2.18. The lowest BCUT2D eigenvalue weighted by Crippen LogP contribution is -2.16. The summed E-state index contributed by atoms with van der Waals surface area (Å²) in [6.45, 7) is 7.51. The van der Waals surface area contributed by atoms with Gasteiger partial charge in [0.2, 0.25) is 5.91 Å². The molecule has 3 rings (SSSR count). The van der Waals surface area contributed by atoms with Crippen LogP contribution >= 0.6 is 0 Å². The summed E-state index contributed by atoms with van der Waals surface area (Å²) in [5.41, 5.74) is 4.41. The molecule has 0 saturated carbocycles. The highest BCUT2D eigenvalue weighted by molar-refractivity contribution is 5.93. The Morgan fingerprint density at radius 1 is 1.14 bits per heavy atom. The Balaban J connectivity index is 1.85. The second-order valence-electron chi connectivity index (χ2n) is 6.58. The van der Waals surface area contributed by atoms with Gasteiger partial charge in [0.25, 0.3) is 5.95 Å². The van der Waals surface area contributed by atoms with Crippen molar-refractivity contribution in [3.05, 3.63) is 58.4 Å². The predicted octanol–water partition coefficient (Wildman–Crippen LogP) is 3.22. The molecule has 3 aromatic rings. The van der Waals surface area contributed by atoms with E-state index in [0.29, 0.717) is 11.6 Å². The normalized spacial score (nSPS) is 10.8. The van der Waals surface area contributed by atoms with Crippen molar-refractivity contribution in [2.75, 3.05) is 12.4 Å². The van der Waals surface area contributed by atoms with Gasteiger partial charge in [-0.25, -0.2) is 19.0 Å². The van der Waals surface area contributed by atoms with Crippen LogP contribution in [0.2, 0.25) is 0 Å². The molecule has 0 saturated heterocycles. The van der Waals surface area contributed by atoms with Gasteiger partial charge in [-0.15, -0.1) is 0 Å². The number of aryl methyl sites for hydroxylation is 3. The summed E-state index contributed by atoms with van der Waals surface area (Å²) < 4.78 is 20.1. The summed E-state index contributed by atoms with van der Waals surface area (Å²) in [5, 5.41) is 7.27. The van der Waals surface area contributed by atoms with E-state index in [2.05, 4.69) is 20.4 Å². The summed E-state index contributed by atoms with van der Waals surface area (Å²) in [6, 6.07) is 5.85. The van der Waals surface area contributed by atoms with Crippen LogP contribution in [0.3, 0.4) is 0 Å². The van der Waals surface area contributed by atoms with Crippen LogP contribution in [0.15, 0.2) is 24.3 Å². The van der Waals surface area contributed by atoms with Crippen LogP contribution in [0.5, 0.6) is 5.75 Å². The van der Waals surface area contributed by atoms with Crippen LogP contribution < -0.4 is 10.1 Å². The Bertz CT molecular complexity index is 1030. The summed E-state index contributed by atoms with van der Waals surface area (Å²) >= 11 is 0. The summed E-state index contributed by atoms with van der Waals surface area (Å²) in [4.78, 5) is 21.4. The van der Waals surface area contributed by atoms with Crippen molar-refractivity contribution >= 4 is 11.6 Å². The number of amides is 1. The quantitative estimate of drug-likeness (QED) is 0.732. The minimum Gasteiger partial charge on any atom is -0.494 e. The lowest BCUT2D eigenvalue weighted by Gasteiger charge is -2.10. The van der Waals surface area contributed by atoms with Gasteiger partial charge in [0.05, 0.1) is 24.9 Å². The van der Waals surface area contributed by atoms with Crippen molar-refractivity contribution in [1.82, 2.24) is 19.7 Å². The molecule has 8 heteroatoms. The summed E-state index contributed by atoms with van der Waals surface area (Å²) in [6.07, 6.45) is 0.114. The highest BCUT2D eigenvalue weighted by atomic mass is 19.1. The summed E-state index contributed by atoms with van der Waals surface area (Å²) in [5.74, 6) is 0.0550. The number of carbonyl (C=O) groups is 1. The molecule has 146 valence electrons. The number of hydrogen-bond acceptors (Lipinski definition) is 5. The van der Waals surface area contributed by atoms with Gasteiger partial charge >= 0.3 is 0 Å². The maximum atomic E-state index is 13.3. The van der Waals surface area contributed by atoms with E-state index in [-0.39, 0.29) is 18.1 Å². The highest BCUT2D eigenvalue weighted by Crippen LogP contribution is 2.25. The molecule has 2 aromatic heterocycles. The topological polar surface area (TPSA) is 81.9 Å². The molecular weight excluding hydrogens is 361 g/mol. The van der Waals surface area contributed by atoms with Crippen molar-refractivity contribution in [3.8, 4) is 11.7 Å². The molecule has 0 unspecified atom stereocenters. The van der Waals surface area contributed by atoms with E-state index in [1.54, 1.807) is 4.68 Å². The van der Waals surface area contributed by atoms with Crippen LogP contribution in [0.4, 0.5) is 10.1 Å². The molecule has 0 aliphatic heterocycles. The fraction of sp³-hybridized carbons (Fsp3) is 0.300. The molecule has 0 radical (unpaired) electrons. The monoisotopic (exact) mass is 383 g/mol. The third-order valence-corrected chi connectivity index (χ3v) is 4.38. The molecule has 0 fully saturated rings. The molecule has 2 heterocycles. The number of aromatic nitrogens is 4. The van der Waals surface area contributed by atoms with Crippen LogP contribution in [-0.2, 0) is 11.2 Å². The van der Waals surface area contributed by atoms with Gasteiger partial charge in [0, 0.05) is 28.7 Å². The third kappa shape index (κ3) is 4.00. The Labute approximate surface area is 162 Å². The van der Waals surface area contributed by atoms with Crippen LogP contribution in [0, 0.1) is 33.5 Å². The Morgan fingerprint density at radius 3 is 2.46 bits per heavy atom. The van der Waals surface area contributed by atoms with Crippen LogP contribution in [0.25, 0.3) is 5.95 Å². The first kappa shape index (κ1) is 19.5. The maximum absolute atomic E-state index is 13.3. The van der Waals surface area contributed by atoms with Crippen LogP contribution in [-0.4, -0.2) is 32.8 Å². The second kappa shape index (κ2) is 7.75. The standard InChI is InChI=1S/C20H22FN5O2/c1-11-8-12(2)23-20(22-11)26-14(4)16(13(3)25-26)10-19(27)24-17-7-6-15(21)9-18(17)28-5/h6-9H,10H2,1-5H3,(H,24,27). The average Bonchev–Trinajstić information content (AvgIpc) is 2.90. The van der Waals surface area contributed by atoms with Gasteiger partial charge in [-0.3, -0.25) is 4.79 Å². The van der Waals surface area contributed by atoms with Gasteiger partial charge in [0.1, 0.15) is 11.6 Å². The zero-order chi connectivity index (χ0) is 20.4. The molecule has 0 aliphatic rings. The molecule has 7 nitrogen and oxygen atoms in total. The number of nitrogens with one attached hydrogen (secondary N) is 1. The molecule has 1 aromatic carbocycles. The van der Waals surface area contributed by atoms with E-state index in [1.165, 1.54) is 25.3 Å². The number of halogens is 1. The van der Waals surface area contributed by atoms with Gasteiger partial charge in [0.15, 0.2) is 0 Å². The SMILES string of the molecule is COc1cc(F)ccc1NC(=O)Cc1c(C)nn(-c2nc(C)cc(C)n2)c1C. The fourth-order valence-electron chi connectivity index (χ4n) is 3.05. The molecule has 1 N–H and O–H groups in total. The molecule has 1 amide bonds. The molecular formula is C20H22FN5O2. The first-order valence-corrected chi connectivity index (χ1v) is 8.79. The number of benzene rings is 1. The van der Waals surface area contributed by atoms with Crippen LogP contribution in [0.1, 0.15) is 28.3 Å². The van der Waals surface area contributed by atoms with Crippen molar-refractivity contribution < 1.29 is 13.9 Å². The molecule has 0 aliphatic carbocycles. The van der Waals surface area contributed by atoms with Gasteiger partial charge in [-0.2, -0.15) is 5.10 Å². The molecule has 0 bridgehead atoms. The Hall–Kier alpha value is -3.29. The maximum Gasteiger partial charge on any atom is 0.251 e. The van der Waals surface area contributed by atoms with E-state index in [1.807, 2.05) is 33.8 Å². The van der Waals surface area contributed by atoms with Crippen molar-refractivity contribution in [2.45, 2.75) is 34.1 Å². The van der Waals surface area contributed by atoms with Crippen molar-refractivity contribution in [2.24, 2.45) is 0 Å². The van der Waals surface area contributed by atoms with Crippen molar-refractivity contribution in [1.29, 1.82) is 0 Å². The van der Waals surface area contributed by atoms with Gasteiger partial charge in [-0.1, -0.05) is 0 Å². The number of rotatable bonds is 5. The average molecular weight is 383 g/mol. The summed E-state index contributed by atoms with van der Waals surface area (Å²) in [7, 11) is 1.42. The van der Waals surface area contributed by atoms with E-state index >= 15 is 0 Å². The largest absolute Gasteiger partial charge is 0.494 e. The lowest BCUT2D eigenvalue weighted by atomic mass is 10.1. The first-order chi connectivity index (χ1) is 13.3. The minimum atomic E-state index is -0.434. The Morgan fingerprint density at radius 2 is 1.82 bits per heavy atom. The van der Waals surface area contributed by atoms with Gasteiger partial charge in [-0.05, 0) is 45.9 Å². The molecule has 28 heavy (non-hydrogen) atoms. The minimum absolute atomic E-state index is 0.114. The van der Waals surface area contributed by atoms with E-state index < -0.39 is 5.82 Å². The number of nitrogens with zero attached hydrogens (tertiary/aromatic N) is 4. The zero-order valence-corrected chi connectivity index (χ0v) is 16.5. The fourth-order valence-corrected chi connectivity index (χ4v) is 3.05. The lowest BCUT2D eigenvalue weighted by molar-refractivity contribution is -0.115. The Kier molecular flexibility index (Phi) is 5.39. The number of carbonyl (C=O) groups excluding carboxylic acids is 1. The molecule has 0 atom stereocenters. The number of anilines is 1. The smallest absolute Gasteiger partial charge is 0.251 e. The van der Waals surface area contributed by atoms with E-state index in [9.17, 15) is 9.18 Å². The first-order valence-electron chi connectivity index (χ1n) is 8.79. The zero-order valence-electron chi connectivity index (χ0n) is 16.5. The van der Waals surface area contributed by atoms with Crippen molar-refractivity contribution in [3.63, 3.8) is 0 Å².